The molecule has 0 bridgehead atoms. The minimum atomic E-state index is -3.65. The van der Waals surface area contributed by atoms with E-state index in [1.54, 1.807) is 0 Å². The van der Waals surface area contributed by atoms with E-state index >= 15 is 0 Å². The Kier molecular flexibility index (Phi) is 5.44. The zero-order valence-electron chi connectivity index (χ0n) is 16.2. The molecule has 1 saturated carbocycles. The third kappa shape index (κ3) is 4.21. The Hall–Kier alpha value is -2.25. The van der Waals surface area contributed by atoms with Gasteiger partial charge in [0.15, 0.2) is 0 Å². The Labute approximate surface area is 171 Å². The summed E-state index contributed by atoms with van der Waals surface area (Å²) in [6, 6.07) is 15.1. The van der Waals surface area contributed by atoms with Gasteiger partial charge in [0.2, 0.25) is 15.9 Å². The topological polar surface area (TPSA) is 66.5 Å². The fraction of sp³-hybridized carbons (Fsp3) is 0.409. The summed E-state index contributed by atoms with van der Waals surface area (Å²) in [6.45, 7) is 1.22. The van der Waals surface area contributed by atoms with Crippen LogP contribution in [0.1, 0.15) is 31.2 Å². The molecule has 2 fully saturated rings. The summed E-state index contributed by atoms with van der Waals surface area (Å²) in [5.74, 6) is -0.643. The van der Waals surface area contributed by atoms with E-state index in [-0.39, 0.29) is 22.1 Å². The maximum atomic E-state index is 13.1. The molecule has 1 aliphatic heterocycles. The van der Waals surface area contributed by atoms with Crippen LogP contribution in [0.25, 0.3) is 0 Å². The molecule has 0 unspecified atom stereocenters. The number of rotatable bonds is 6. The number of hydrogen-bond acceptors (Lipinski definition) is 3. The van der Waals surface area contributed by atoms with Crippen LogP contribution in [-0.4, -0.2) is 38.3 Å². The standard InChI is InChI=1S/C22H25FN2O3S/c23-19-6-8-20(9-7-19)29(27,28)25-14-10-17(11-15-25)21(26)24-16-22(12-13-22)18-4-2-1-3-5-18/h1-9,17H,10-16H2,(H,24,26). The summed E-state index contributed by atoms with van der Waals surface area (Å²) in [5.41, 5.74) is 1.32. The van der Waals surface area contributed by atoms with Crippen molar-refractivity contribution in [2.45, 2.75) is 36.0 Å². The predicted molar refractivity (Wildman–Crippen MR) is 108 cm³/mol. The van der Waals surface area contributed by atoms with Crippen molar-refractivity contribution < 1.29 is 17.6 Å². The average Bonchev–Trinajstić information content (AvgIpc) is 3.54. The van der Waals surface area contributed by atoms with Gasteiger partial charge in [-0.05, 0) is 55.5 Å². The number of piperidine rings is 1. The predicted octanol–water partition coefficient (Wildman–Crippen LogP) is 3.07. The van der Waals surface area contributed by atoms with Gasteiger partial charge in [0.25, 0.3) is 0 Å². The Balaban J connectivity index is 1.31. The molecule has 1 saturated heterocycles. The van der Waals surface area contributed by atoms with Gasteiger partial charge in [0, 0.05) is 31.0 Å². The molecule has 5 nitrogen and oxygen atoms in total. The molecular formula is C22H25FN2O3S. The number of carbonyl (C=O) groups is 1. The van der Waals surface area contributed by atoms with Gasteiger partial charge in [0.05, 0.1) is 4.90 Å². The van der Waals surface area contributed by atoms with Crippen LogP contribution in [0.2, 0.25) is 0 Å². The van der Waals surface area contributed by atoms with Crippen LogP contribution in [0, 0.1) is 11.7 Å². The van der Waals surface area contributed by atoms with Crippen LogP contribution in [0.15, 0.2) is 59.5 Å². The zero-order chi connectivity index (χ0) is 20.5. The average molecular weight is 417 g/mol. The maximum absolute atomic E-state index is 13.1. The summed E-state index contributed by atoms with van der Waals surface area (Å²) >= 11 is 0. The van der Waals surface area contributed by atoms with Gasteiger partial charge in [-0.2, -0.15) is 4.31 Å². The highest BCUT2D eigenvalue weighted by Crippen LogP contribution is 2.47. The molecule has 1 N–H and O–H groups in total. The summed E-state index contributed by atoms with van der Waals surface area (Å²) < 4.78 is 39.9. The Morgan fingerprint density at radius 3 is 2.24 bits per heavy atom. The van der Waals surface area contributed by atoms with Crippen LogP contribution in [0.4, 0.5) is 4.39 Å². The largest absolute Gasteiger partial charge is 0.355 e. The fourth-order valence-electron chi connectivity index (χ4n) is 4.02. The molecule has 4 rings (SSSR count). The first-order valence-electron chi connectivity index (χ1n) is 10.00. The van der Waals surface area contributed by atoms with Crippen molar-refractivity contribution in [3.63, 3.8) is 0 Å². The third-order valence-corrected chi connectivity index (χ3v) is 8.03. The molecule has 29 heavy (non-hydrogen) atoms. The summed E-state index contributed by atoms with van der Waals surface area (Å²) in [6.07, 6.45) is 3.13. The lowest BCUT2D eigenvalue weighted by molar-refractivity contribution is -0.126. The second kappa shape index (κ2) is 7.88. The van der Waals surface area contributed by atoms with Gasteiger partial charge < -0.3 is 5.32 Å². The minimum Gasteiger partial charge on any atom is -0.355 e. The molecule has 154 valence electrons. The molecule has 7 heteroatoms. The Morgan fingerprint density at radius 2 is 1.66 bits per heavy atom. The number of carbonyl (C=O) groups excluding carboxylic acids is 1. The van der Waals surface area contributed by atoms with Crippen LogP contribution in [0.5, 0.6) is 0 Å². The highest BCUT2D eigenvalue weighted by Gasteiger charge is 2.44. The summed E-state index contributed by atoms with van der Waals surface area (Å²) in [7, 11) is -3.65. The second-order valence-electron chi connectivity index (χ2n) is 8.00. The molecule has 1 amide bonds. The highest BCUT2D eigenvalue weighted by molar-refractivity contribution is 7.89. The van der Waals surface area contributed by atoms with Crippen LogP contribution < -0.4 is 5.32 Å². The van der Waals surface area contributed by atoms with Gasteiger partial charge >= 0.3 is 0 Å². The van der Waals surface area contributed by atoms with E-state index in [0.29, 0.717) is 32.5 Å². The van der Waals surface area contributed by atoms with Crippen molar-refractivity contribution in [1.82, 2.24) is 9.62 Å². The van der Waals surface area contributed by atoms with E-state index < -0.39 is 15.8 Å². The Bertz CT molecular complexity index is 965. The number of amides is 1. The van der Waals surface area contributed by atoms with Crippen molar-refractivity contribution >= 4 is 15.9 Å². The van der Waals surface area contributed by atoms with Gasteiger partial charge in [-0.15, -0.1) is 0 Å². The lowest BCUT2D eigenvalue weighted by Gasteiger charge is -2.31. The fourth-order valence-corrected chi connectivity index (χ4v) is 5.49. The van der Waals surface area contributed by atoms with Crippen LogP contribution in [-0.2, 0) is 20.2 Å². The van der Waals surface area contributed by atoms with Crippen LogP contribution in [0.3, 0.4) is 0 Å². The van der Waals surface area contributed by atoms with Gasteiger partial charge in [0.1, 0.15) is 5.82 Å². The number of hydrogen-bond donors (Lipinski definition) is 1. The van der Waals surface area contributed by atoms with Crippen molar-refractivity contribution in [2.75, 3.05) is 19.6 Å². The van der Waals surface area contributed by atoms with Crippen molar-refractivity contribution in [1.29, 1.82) is 0 Å². The molecule has 2 aromatic carbocycles. The number of sulfonamides is 1. The van der Waals surface area contributed by atoms with Gasteiger partial charge in [-0.25, -0.2) is 12.8 Å². The third-order valence-electron chi connectivity index (χ3n) is 6.12. The highest BCUT2D eigenvalue weighted by atomic mass is 32.2. The van der Waals surface area contributed by atoms with Gasteiger partial charge in [-0.1, -0.05) is 30.3 Å². The number of benzene rings is 2. The van der Waals surface area contributed by atoms with Crippen molar-refractivity contribution in [3.8, 4) is 0 Å². The van der Waals surface area contributed by atoms with E-state index in [1.165, 1.54) is 22.0 Å². The van der Waals surface area contributed by atoms with Crippen molar-refractivity contribution in [2.24, 2.45) is 5.92 Å². The lowest BCUT2D eigenvalue weighted by Crippen LogP contribution is -2.44. The SMILES string of the molecule is O=C(NCC1(c2ccccc2)CC1)C1CCN(S(=O)(=O)c2ccc(F)cc2)CC1. The van der Waals surface area contributed by atoms with Crippen molar-refractivity contribution in [3.05, 3.63) is 66.0 Å². The molecule has 0 radical (unpaired) electrons. The lowest BCUT2D eigenvalue weighted by atomic mass is 9.94. The first kappa shape index (κ1) is 20.0. The summed E-state index contributed by atoms with van der Waals surface area (Å²) in [5, 5.41) is 3.10. The maximum Gasteiger partial charge on any atom is 0.243 e. The van der Waals surface area contributed by atoms with Gasteiger partial charge in [-0.3, -0.25) is 4.79 Å². The normalized spacial score (nSPS) is 19.6. The quantitative estimate of drug-likeness (QED) is 0.787. The van der Waals surface area contributed by atoms with E-state index in [2.05, 4.69) is 17.4 Å². The zero-order valence-corrected chi connectivity index (χ0v) is 17.0. The van der Waals surface area contributed by atoms with E-state index in [1.807, 2.05) is 18.2 Å². The molecule has 1 heterocycles. The van der Waals surface area contributed by atoms with E-state index in [0.717, 1.165) is 25.0 Å². The molecule has 2 aliphatic rings. The molecule has 0 spiro atoms. The Morgan fingerprint density at radius 1 is 1.03 bits per heavy atom. The second-order valence-corrected chi connectivity index (χ2v) is 9.93. The molecule has 2 aromatic rings. The molecule has 0 aromatic heterocycles. The number of halogens is 1. The minimum absolute atomic E-state index is 0.00559. The van der Waals surface area contributed by atoms with Crippen LogP contribution >= 0.6 is 0 Å². The monoisotopic (exact) mass is 416 g/mol. The van der Waals surface area contributed by atoms with E-state index in [4.69, 9.17) is 0 Å². The molecule has 0 atom stereocenters. The smallest absolute Gasteiger partial charge is 0.243 e. The first-order valence-corrected chi connectivity index (χ1v) is 11.4. The van der Waals surface area contributed by atoms with E-state index in [9.17, 15) is 17.6 Å². The molecule has 1 aliphatic carbocycles. The number of nitrogens with one attached hydrogen (secondary N) is 1. The first-order chi connectivity index (χ1) is 13.9. The summed E-state index contributed by atoms with van der Waals surface area (Å²) in [4.78, 5) is 12.7. The molecular weight excluding hydrogens is 391 g/mol. The number of nitrogens with zero attached hydrogens (tertiary/aromatic N) is 1.